The number of fused-ring (bicyclic) bond motifs is 1. The Kier molecular flexibility index (Phi) is 5.51. The predicted octanol–water partition coefficient (Wildman–Crippen LogP) is 4.24. The number of anilines is 2. The monoisotopic (exact) mass is 442 g/mol. The number of aromatic nitrogens is 4. The largest absolute Gasteiger partial charge is 0.368 e. The maximum atomic E-state index is 13.3. The molecule has 0 saturated carbocycles. The number of aryl methyl sites for hydroxylation is 3. The summed E-state index contributed by atoms with van der Waals surface area (Å²) < 4.78 is 6.02. The van der Waals surface area contributed by atoms with Crippen LogP contribution in [0.25, 0.3) is 10.9 Å². The molecule has 4 aromatic rings. The van der Waals surface area contributed by atoms with Gasteiger partial charge in [0.2, 0.25) is 0 Å². The molecular weight excluding hydrogens is 416 g/mol. The molecule has 0 unspecified atom stereocenters. The number of ether oxygens (including phenoxy) is 1. The molecule has 1 aliphatic heterocycles. The van der Waals surface area contributed by atoms with Gasteiger partial charge in [0.05, 0.1) is 24.4 Å². The minimum atomic E-state index is -0.319. The molecule has 3 aromatic heterocycles. The number of H-pyrrole nitrogens is 1. The number of benzene rings is 1. The average Bonchev–Trinajstić information content (AvgIpc) is 3.21. The van der Waals surface area contributed by atoms with Crippen molar-refractivity contribution >= 4 is 28.3 Å². The van der Waals surface area contributed by atoms with Gasteiger partial charge in [0.15, 0.2) is 5.69 Å². The third kappa shape index (κ3) is 4.42. The van der Waals surface area contributed by atoms with Crippen molar-refractivity contribution in [2.75, 3.05) is 25.0 Å². The summed E-state index contributed by atoms with van der Waals surface area (Å²) in [7, 11) is 0. The predicted molar refractivity (Wildman–Crippen MR) is 127 cm³/mol. The first-order chi connectivity index (χ1) is 16.0. The van der Waals surface area contributed by atoms with Crippen molar-refractivity contribution in [2.24, 2.45) is 0 Å². The third-order valence-electron chi connectivity index (χ3n) is 5.74. The topological polar surface area (TPSA) is 96.0 Å². The first kappa shape index (κ1) is 21.1. The van der Waals surface area contributed by atoms with E-state index in [-0.39, 0.29) is 12.0 Å². The molecule has 0 spiro atoms. The van der Waals surface area contributed by atoms with Gasteiger partial charge in [0, 0.05) is 29.0 Å². The summed E-state index contributed by atoms with van der Waals surface area (Å²) in [6, 6.07) is 15.7. The Hall–Kier alpha value is -3.78. The normalized spacial score (nSPS) is 16.2. The molecule has 0 radical (unpaired) electrons. The lowest BCUT2D eigenvalue weighted by molar-refractivity contribution is -0.0248. The second-order valence-corrected chi connectivity index (χ2v) is 8.44. The molecule has 1 fully saturated rings. The van der Waals surface area contributed by atoms with Crippen molar-refractivity contribution in [3.05, 3.63) is 76.9 Å². The average molecular weight is 443 g/mol. The van der Waals surface area contributed by atoms with Crippen LogP contribution in [0.15, 0.2) is 48.5 Å². The van der Waals surface area contributed by atoms with Gasteiger partial charge in [-0.1, -0.05) is 17.7 Å². The minimum absolute atomic E-state index is 0.102. The lowest BCUT2D eigenvalue weighted by atomic mass is 10.1. The van der Waals surface area contributed by atoms with E-state index in [0.29, 0.717) is 25.4 Å². The highest BCUT2D eigenvalue weighted by Gasteiger charge is 2.29. The molecule has 33 heavy (non-hydrogen) atoms. The van der Waals surface area contributed by atoms with Crippen molar-refractivity contribution < 1.29 is 9.53 Å². The number of morpholine rings is 1. The zero-order valence-electron chi connectivity index (χ0n) is 18.9. The standard InChI is InChI=1S/C25H26N6O2/c1-15-7-8-20-19(11-15)24(30-29-20)25(32)31-9-10-33-22(14-31)21-13-18(12-17(3)26-21)28-23-6-4-5-16(2)27-23/h4-8,11-13,22H,9-10,14H2,1-3H3,(H,29,30)(H,26,27,28)/t22-/m1/s1. The van der Waals surface area contributed by atoms with E-state index in [9.17, 15) is 4.79 Å². The van der Waals surface area contributed by atoms with Gasteiger partial charge in [0.25, 0.3) is 5.91 Å². The summed E-state index contributed by atoms with van der Waals surface area (Å²) in [6.07, 6.45) is -0.319. The number of hydrogen-bond donors (Lipinski definition) is 2. The highest BCUT2D eigenvalue weighted by Crippen LogP contribution is 2.27. The van der Waals surface area contributed by atoms with Crippen LogP contribution in [0.2, 0.25) is 0 Å². The quantitative estimate of drug-likeness (QED) is 0.491. The van der Waals surface area contributed by atoms with Crippen LogP contribution < -0.4 is 5.32 Å². The maximum absolute atomic E-state index is 13.3. The van der Waals surface area contributed by atoms with E-state index in [0.717, 1.165) is 45.1 Å². The van der Waals surface area contributed by atoms with E-state index in [1.165, 1.54) is 0 Å². The Morgan fingerprint density at radius 1 is 1.09 bits per heavy atom. The fourth-order valence-electron chi connectivity index (χ4n) is 4.15. The van der Waals surface area contributed by atoms with Gasteiger partial charge >= 0.3 is 0 Å². The molecule has 1 amide bonds. The number of hydrogen-bond acceptors (Lipinski definition) is 6. The minimum Gasteiger partial charge on any atom is -0.368 e. The third-order valence-corrected chi connectivity index (χ3v) is 5.74. The smallest absolute Gasteiger partial charge is 0.275 e. The summed E-state index contributed by atoms with van der Waals surface area (Å²) in [5, 5.41) is 11.5. The van der Waals surface area contributed by atoms with Crippen LogP contribution in [-0.4, -0.2) is 50.7 Å². The number of carbonyl (C=O) groups excluding carboxylic acids is 1. The Labute approximate surface area is 192 Å². The van der Waals surface area contributed by atoms with Gasteiger partial charge in [-0.15, -0.1) is 0 Å². The molecule has 0 bridgehead atoms. The highest BCUT2D eigenvalue weighted by molar-refractivity contribution is 6.04. The zero-order valence-corrected chi connectivity index (χ0v) is 18.9. The van der Waals surface area contributed by atoms with Gasteiger partial charge in [-0.3, -0.25) is 14.9 Å². The molecule has 0 aliphatic carbocycles. The van der Waals surface area contributed by atoms with E-state index in [2.05, 4.69) is 25.5 Å². The van der Waals surface area contributed by atoms with Gasteiger partial charge in [-0.05, 0) is 57.2 Å². The molecule has 1 saturated heterocycles. The van der Waals surface area contributed by atoms with E-state index in [1.807, 2.05) is 69.3 Å². The molecule has 1 atom stereocenters. The van der Waals surface area contributed by atoms with Crippen LogP contribution in [0.4, 0.5) is 11.5 Å². The lowest BCUT2D eigenvalue weighted by Gasteiger charge is -2.32. The van der Waals surface area contributed by atoms with Crippen molar-refractivity contribution in [2.45, 2.75) is 26.9 Å². The number of amides is 1. The van der Waals surface area contributed by atoms with E-state index < -0.39 is 0 Å². The Bertz CT molecular complexity index is 1330. The zero-order chi connectivity index (χ0) is 22.9. The van der Waals surface area contributed by atoms with E-state index in [1.54, 1.807) is 4.90 Å². The fraction of sp³-hybridized carbons (Fsp3) is 0.280. The molecule has 8 nitrogen and oxygen atoms in total. The number of rotatable bonds is 4. The molecule has 168 valence electrons. The summed E-state index contributed by atoms with van der Waals surface area (Å²) in [5.74, 6) is 0.670. The van der Waals surface area contributed by atoms with Gasteiger partial charge in [-0.2, -0.15) is 5.10 Å². The van der Waals surface area contributed by atoms with Crippen LogP contribution in [0, 0.1) is 20.8 Å². The van der Waals surface area contributed by atoms with Crippen LogP contribution in [0.1, 0.15) is 39.2 Å². The number of nitrogens with zero attached hydrogens (tertiary/aromatic N) is 4. The van der Waals surface area contributed by atoms with Gasteiger partial charge in [0.1, 0.15) is 11.9 Å². The molecule has 4 heterocycles. The van der Waals surface area contributed by atoms with Crippen molar-refractivity contribution in [1.29, 1.82) is 0 Å². The maximum Gasteiger partial charge on any atom is 0.275 e. The number of carbonyl (C=O) groups is 1. The number of nitrogens with one attached hydrogen (secondary N) is 2. The summed E-state index contributed by atoms with van der Waals surface area (Å²) in [4.78, 5) is 24.3. The second kappa shape index (κ2) is 8.63. The summed E-state index contributed by atoms with van der Waals surface area (Å²) in [5.41, 5.74) is 5.86. The molecular formula is C25H26N6O2. The van der Waals surface area contributed by atoms with Gasteiger partial charge < -0.3 is 15.0 Å². The van der Waals surface area contributed by atoms with Crippen LogP contribution in [0.3, 0.4) is 0 Å². The SMILES string of the molecule is Cc1ccc2[nH]nc(C(=O)N3CCO[C@@H](c4cc(Nc5cccc(C)n5)cc(C)n4)C3)c2c1. The van der Waals surface area contributed by atoms with Crippen LogP contribution >= 0.6 is 0 Å². The number of pyridine rings is 2. The Morgan fingerprint density at radius 2 is 1.97 bits per heavy atom. The second-order valence-electron chi connectivity index (χ2n) is 8.44. The number of aromatic amines is 1. The first-order valence-electron chi connectivity index (χ1n) is 11.0. The van der Waals surface area contributed by atoms with Crippen molar-refractivity contribution in [3.63, 3.8) is 0 Å². The summed E-state index contributed by atoms with van der Waals surface area (Å²) in [6.45, 7) is 7.28. The molecule has 1 aromatic carbocycles. The fourth-order valence-corrected chi connectivity index (χ4v) is 4.15. The highest BCUT2D eigenvalue weighted by atomic mass is 16.5. The molecule has 1 aliphatic rings. The molecule has 2 N–H and O–H groups in total. The molecule has 8 heteroatoms. The van der Waals surface area contributed by atoms with E-state index >= 15 is 0 Å². The van der Waals surface area contributed by atoms with E-state index in [4.69, 9.17) is 4.74 Å². The Balaban J connectivity index is 1.37. The van der Waals surface area contributed by atoms with Crippen molar-refractivity contribution in [1.82, 2.24) is 25.1 Å². The summed E-state index contributed by atoms with van der Waals surface area (Å²) >= 11 is 0. The molecule has 5 rings (SSSR count). The van der Waals surface area contributed by atoms with Gasteiger partial charge in [-0.25, -0.2) is 4.98 Å². The van der Waals surface area contributed by atoms with Crippen molar-refractivity contribution in [3.8, 4) is 0 Å². The Morgan fingerprint density at radius 3 is 2.82 bits per heavy atom. The first-order valence-corrected chi connectivity index (χ1v) is 11.0. The lowest BCUT2D eigenvalue weighted by Crippen LogP contribution is -2.42. The van der Waals surface area contributed by atoms with Crippen LogP contribution in [0.5, 0.6) is 0 Å². The van der Waals surface area contributed by atoms with Crippen LogP contribution in [-0.2, 0) is 4.74 Å².